The fourth-order valence-electron chi connectivity index (χ4n) is 2.55. The van der Waals surface area contributed by atoms with Gasteiger partial charge in [-0.05, 0) is 54.4 Å². The summed E-state index contributed by atoms with van der Waals surface area (Å²) < 4.78 is 5.54. The van der Waals surface area contributed by atoms with Crippen molar-refractivity contribution in [1.29, 1.82) is 0 Å². The van der Waals surface area contributed by atoms with Crippen molar-refractivity contribution in [3.63, 3.8) is 0 Å². The van der Waals surface area contributed by atoms with E-state index in [9.17, 15) is 4.79 Å². The first-order valence-corrected chi connectivity index (χ1v) is 8.68. The number of hydrogen-bond acceptors (Lipinski definition) is 3. The van der Waals surface area contributed by atoms with Crippen LogP contribution in [0.15, 0.2) is 59.0 Å². The molecular formula is C20H20N2O2S. The van der Waals surface area contributed by atoms with E-state index in [1.54, 1.807) is 6.07 Å². The highest BCUT2D eigenvalue weighted by molar-refractivity contribution is 7.80. The summed E-state index contributed by atoms with van der Waals surface area (Å²) >= 11 is 5.22. The minimum Gasteiger partial charge on any atom is -0.451 e. The molecule has 3 aromatic rings. The zero-order valence-electron chi connectivity index (χ0n) is 14.2. The van der Waals surface area contributed by atoms with Crippen LogP contribution in [0.4, 0.5) is 5.69 Å². The Hall–Kier alpha value is -2.66. The van der Waals surface area contributed by atoms with Gasteiger partial charge in [0.1, 0.15) is 5.58 Å². The third-order valence-corrected chi connectivity index (χ3v) is 4.43. The quantitative estimate of drug-likeness (QED) is 0.644. The molecule has 0 fully saturated rings. The number of nitrogens with one attached hydrogen (secondary N) is 2. The Labute approximate surface area is 152 Å². The molecule has 1 amide bonds. The second-order valence-electron chi connectivity index (χ2n) is 5.99. The molecule has 5 heteroatoms. The van der Waals surface area contributed by atoms with Gasteiger partial charge in [0.25, 0.3) is 5.91 Å². The van der Waals surface area contributed by atoms with Gasteiger partial charge in [-0.25, -0.2) is 0 Å². The van der Waals surface area contributed by atoms with Gasteiger partial charge in [-0.2, -0.15) is 0 Å². The number of amides is 1. The normalized spacial score (nSPS) is 11.9. The van der Waals surface area contributed by atoms with Crippen LogP contribution < -0.4 is 10.6 Å². The Bertz CT molecular complexity index is 866. The van der Waals surface area contributed by atoms with E-state index in [1.165, 1.54) is 5.56 Å². The summed E-state index contributed by atoms with van der Waals surface area (Å²) in [5.41, 5.74) is 2.79. The number of fused-ring (bicyclic) bond motifs is 1. The molecule has 0 saturated carbocycles. The minimum absolute atomic E-state index is 0.234. The maximum absolute atomic E-state index is 12.3. The van der Waals surface area contributed by atoms with E-state index in [1.807, 2.05) is 36.4 Å². The molecular weight excluding hydrogens is 332 g/mol. The van der Waals surface area contributed by atoms with Crippen LogP contribution in [0, 0.1) is 0 Å². The smallest absolute Gasteiger partial charge is 0.293 e. The molecule has 0 saturated heterocycles. The Morgan fingerprint density at radius 3 is 2.56 bits per heavy atom. The summed E-state index contributed by atoms with van der Waals surface area (Å²) in [5.74, 6) is 0.385. The number of para-hydroxylation sites is 1. The topological polar surface area (TPSA) is 54.3 Å². The number of furan rings is 1. The van der Waals surface area contributed by atoms with E-state index < -0.39 is 0 Å². The molecule has 4 nitrogen and oxygen atoms in total. The van der Waals surface area contributed by atoms with E-state index >= 15 is 0 Å². The fraction of sp³-hybridized carbons (Fsp3) is 0.200. The Morgan fingerprint density at radius 2 is 1.88 bits per heavy atom. The van der Waals surface area contributed by atoms with E-state index in [0.717, 1.165) is 17.5 Å². The van der Waals surface area contributed by atoms with E-state index in [2.05, 4.69) is 36.6 Å². The number of rotatable bonds is 4. The van der Waals surface area contributed by atoms with Gasteiger partial charge < -0.3 is 9.73 Å². The van der Waals surface area contributed by atoms with Gasteiger partial charge in [0.2, 0.25) is 0 Å². The van der Waals surface area contributed by atoms with Gasteiger partial charge in [-0.3, -0.25) is 10.1 Å². The monoisotopic (exact) mass is 352 g/mol. The molecule has 2 aromatic carbocycles. The highest BCUT2D eigenvalue weighted by Gasteiger charge is 2.13. The van der Waals surface area contributed by atoms with Crippen molar-refractivity contribution < 1.29 is 9.21 Å². The van der Waals surface area contributed by atoms with Crippen molar-refractivity contribution in [1.82, 2.24) is 5.32 Å². The molecule has 1 atom stereocenters. The average Bonchev–Trinajstić information content (AvgIpc) is 3.06. The first kappa shape index (κ1) is 17.2. The van der Waals surface area contributed by atoms with Crippen LogP contribution in [-0.4, -0.2) is 11.0 Å². The van der Waals surface area contributed by atoms with Crippen LogP contribution in [-0.2, 0) is 0 Å². The molecule has 0 radical (unpaired) electrons. The molecule has 0 aliphatic carbocycles. The van der Waals surface area contributed by atoms with Crippen LogP contribution in [0.25, 0.3) is 11.0 Å². The minimum atomic E-state index is -0.370. The largest absolute Gasteiger partial charge is 0.451 e. The summed E-state index contributed by atoms with van der Waals surface area (Å²) in [6.45, 7) is 4.36. The summed E-state index contributed by atoms with van der Waals surface area (Å²) in [7, 11) is 0. The highest BCUT2D eigenvalue weighted by atomic mass is 32.1. The van der Waals surface area contributed by atoms with Crippen LogP contribution in [0.2, 0.25) is 0 Å². The Kier molecular flexibility index (Phi) is 5.14. The van der Waals surface area contributed by atoms with E-state index in [0.29, 0.717) is 11.5 Å². The van der Waals surface area contributed by atoms with Gasteiger partial charge in [0, 0.05) is 11.1 Å². The molecule has 1 heterocycles. The van der Waals surface area contributed by atoms with Gasteiger partial charge in [0.15, 0.2) is 10.9 Å². The molecule has 0 spiro atoms. The lowest BCUT2D eigenvalue weighted by molar-refractivity contribution is 0.0953. The summed E-state index contributed by atoms with van der Waals surface area (Å²) in [4.78, 5) is 12.3. The van der Waals surface area contributed by atoms with Gasteiger partial charge in [0.05, 0.1) is 0 Å². The predicted molar refractivity (Wildman–Crippen MR) is 105 cm³/mol. The first-order chi connectivity index (χ1) is 12.1. The maximum Gasteiger partial charge on any atom is 0.293 e. The summed E-state index contributed by atoms with van der Waals surface area (Å²) in [5, 5.41) is 6.78. The molecule has 0 aliphatic rings. The molecule has 1 aromatic heterocycles. The lowest BCUT2D eigenvalue weighted by Crippen LogP contribution is -2.33. The number of anilines is 1. The third kappa shape index (κ3) is 4.06. The van der Waals surface area contributed by atoms with Crippen LogP contribution in [0.5, 0.6) is 0 Å². The van der Waals surface area contributed by atoms with Crippen molar-refractivity contribution in [2.75, 3.05) is 5.32 Å². The highest BCUT2D eigenvalue weighted by Crippen LogP contribution is 2.21. The Balaban J connectivity index is 1.62. The number of thiocarbonyl (C=S) groups is 1. The second kappa shape index (κ2) is 7.49. The number of hydrogen-bond donors (Lipinski definition) is 2. The predicted octanol–water partition coefficient (Wildman–Crippen LogP) is 5.07. The molecule has 3 rings (SSSR count). The van der Waals surface area contributed by atoms with Crippen molar-refractivity contribution in [3.8, 4) is 0 Å². The summed E-state index contributed by atoms with van der Waals surface area (Å²) in [6, 6.07) is 17.2. The average molecular weight is 352 g/mol. The fourth-order valence-corrected chi connectivity index (χ4v) is 2.76. The number of carbonyl (C=O) groups excluding carboxylic acids is 1. The molecule has 0 bridgehead atoms. The summed E-state index contributed by atoms with van der Waals surface area (Å²) in [6.07, 6.45) is 1.10. The van der Waals surface area contributed by atoms with Gasteiger partial charge in [-0.15, -0.1) is 0 Å². The molecule has 25 heavy (non-hydrogen) atoms. The zero-order chi connectivity index (χ0) is 17.8. The van der Waals surface area contributed by atoms with Crippen LogP contribution >= 0.6 is 12.2 Å². The van der Waals surface area contributed by atoms with E-state index in [-0.39, 0.29) is 16.8 Å². The first-order valence-electron chi connectivity index (χ1n) is 8.27. The number of carbonyl (C=O) groups is 1. The zero-order valence-corrected chi connectivity index (χ0v) is 15.0. The third-order valence-electron chi connectivity index (χ3n) is 4.23. The standard InChI is InChI=1S/C20H20N2O2S/c1-3-13(2)14-8-10-16(11-9-14)21-20(25)22-19(23)18-12-15-6-4-5-7-17(15)24-18/h4-13H,3H2,1-2H3,(H2,21,22,23,25)/t13-/m1/s1. The second-order valence-corrected chi connectivity index (χ2v) is 6.40. The van der Waals surface area contributed by atoms with Crippen molar-refractivity contribution >= 4 is 39.9 Å². The molecule has 128 valence electrons. The SMILES string of the molecule is CC[C@@H](C)c1ccc(NC(=S)NC(=O)c2cc3ccccc3o2)cc1. The van der Waals surface area contributed by atoms with Crippen molar-refractivity contribution in [2.24, 2.45) is 0 Å². The van der Waals surface area contributed by atoms with Gasteiger partial charge in [-0.1, -0.05) is 44.2 Å². The Morgan fingerprint density at radius 1 is 1.16 bits per heavy atom. The number of benzene rings is 2. The lowest BCUT2D eigenvalue weighted by Gasteiger charge is -2.11. The van der Waals surface area contributed by atoms with Crippen molar-refractivity contribution in [3.05, 3.63) is 65.9 Å². The maximum atomic E-state index is 12.3. The molecule has 0 unspecified atom stereocenters. The molecule has 0 aliphatic heterocycles. The van der Waals surface area contributed by atoms with E-state index in [4.69, 9.17) is 16.6 Å². The lowest BCUT2D eigenvalue weighted by atomic mass is 9.99. The van der Waals surface area contributed by atoms with Crippen molar-refractivity contribution in [2.45, 2.75) is 26.2 Å². The van der Waals surface area contributed by atoms with Crippen LogP contribution in [0.1, 0.15) is 42.3 Å². The van der Waals surface area contributed by atoms with Crippen LogP contribution in [0.3, 0.4) is 0 Å². The molecule has 2 N–H and O–H groups in total. The van der Waals surface area contributed by atoms with Gasteiger partial charge >= 0.3 is 0 Å².